The van der Waals surface area contributed by atoms with Gasteiger partial charge in [0.1, 0.15) is 11.5 Å². The van der Waals surface area contributed by atoms with Crippen LogP contribution in [0.1, 0.15) is 19.4 Å². The molecule has 0 N–H and O–H groups in total. The monoisotopic (exact) mass is 233 g/mol. The van der Waals surface area contributed by atoms with Crippen molar-refractivity contribution in [1.29, 1.82) is 5.26 Å². The van der Waals surface area contributed by atoms with Crippen LogP contribution in [-0.2, 0) is 16.0 Å². The Balaban J connectivity index is 3.03. The van der Waals surface area contributed by atoms with Crippen LogP contribution in [0.25, 0.3) is 0 Å². The fourth-order valence-electron chi connectivity index (χ4n) is 1.26. The van der Waals surface area contributed by atoms with Gasteiger partial charge in [0.2, 0.25) is 0 Å². The molecule has 5 heteroatoms. The quantitative estimate of drug-likeness (QED) is 0.585. The van der Waals surface area contributed by atoms with E-state index < -0.39 is 11.9 Å². The molecule has 0 atom stereocenters. The molecule has 0 fully saturated rings. The molecule has 1 rings (SSSR count). The Morgan fingerprint density at radius 1 is 1.24 bits per heavy atom. The summed E-state index contributed by atoms with van der Waals surface area (Å²) in [4.78, 5) is 21.6. The van der Waals surface area contributed by atoms with Crippen LogP contribution in [0, 0.1) is 11.3 Å². The second-order valence-corrected chi connectivity index (χ2v) is 3.29. The Hall–Kier alpha value is -2.35. The van der Waals surface area contributed by atoms with Crippen molar-refractivity contribution in [3.05, 3.63) is 23.8 Å². The van der Waals surface area contributed by atoms with E-state index in [1.54, 1.807) is 0 Å². The molecule has 0 aliphatic rings. The van der Waals surface area contributed by atoms with E-state index in [0.717, 1.165) is 0 Å². The zero-order valence-corrected chi connectivity index (χ0v) is 9.52. The molecule has 1 aromatic carbocycles. The van der Waals surface area contributed by atoms with Crippen molar-refractivity contribution in [2.45, 2.75) is 20.3 Å². The Bertz CT molecular complexity index is 488. The van der Waals surface area contributed by atoms with Crippen LogP contribution >= 0.6 is 0 Å². The minimum Gasteiger partial charge on any atom is -0.427 e. The van der Waals surface area contributed by atoms with Crippen molar-refractivity contribution in [3.8, 4) is 17.6 Å². The van der Waals surface area contributed by atoms with E-state index in [0.29, 0.717) is 17.1 Å². The summed E-state index contributed by atoms with van der Waals surface area (Å²) in [5, 5.41) is 8.65. The van der Waals surface area contributed by atoms with Crippen LogP contribution in [0.3, 0.4) is 0 Å². The first-order valence-corrected chi connectivity index (χ1v) is 4.89. The van der Waals surface area contributed by atoms with Gasteiger partial charge < -0.3 is 9.47 Å². The Morgan fingerprint density at radius 3 is 2.41 bits per heavy atom. The number of nitriles is 1. The summed E-state index contributed by atoms with van der Waals surface area (Å²) in [6.07, 6.45) is 0.0672. The number of hydrogen-bond acceptors (Lipinski definition) is 5. The first-order chi connectivity index (χ1) is 8.02. The molecule has 0 bridgehead atoms. The zero-order chi connectivity index (χ0) is 12.8. The van der Waals surface area contributed by atoms with Gasteiger partial charge in [0.15, 0.2) is 0 Å². The van der Waals surface area contributed by atoms with Crippen molar-refractivity contribution in [2.75, 3.05) is 0 Å². The molecular weight excluding hydrogens is 222 g/mol. The van der Waals surface area contributed by atoms with Gasteiger partial charge >= 0.3 is 11.9 Å². The number of nitrogens with zero attached hydrogens (tertiary/aromatic N) is 1. The molecule has 0 heterocycles. The van der Waals surface area contributed by atoms with Crippen molar-refractivity contribution in [1.82, 2.24) is 0 Å². The molecule has 5 nitrogen and oxygen atoms in total. The highest BCUT2D eigenvalue weighted by Crippen LogP contribution is 2.25. The second kappa shape index (κ2) is 5.66. The van der Waals surface area contributed by atoms with Crippen LogP contribution in [0.4, 0.5) is 0 Å². The van der Waals surface area contributed by atoms with E-state index in [1.807, 2.05) is 6.07 Å². The van der Waals surface area contributed by atoms with Gasteiger partial charge in [-0.2, -0.15) is 5.26 Å². The number of carbonyl (C=O) groups is 2. The lowest BCUT2D eigenvalue weighted by molar-refractivity contribution is -0.133. The smallest absolute Gasteiger partial charge is 0.308 e. The lowest BCUT2D eigenvalue weighted by Gasteiger charge is -2.08. The summed E-state index contributed by atoms with van der Waals surface area (Å²) in [7, 11) is 0. The van der Waals surface area contributed by atoms with Crippen LogP contribution in [0.15, 0.2) is 18.2 Å². The minimum absolute atomic E-state index is 0.0672. The normalized spacial score (nSPS) is 9.24. The lowest BCUT2D eigenvalue weighted by atomic mass is 10.1. The van der Waals surface area contributed by atoms with Gasteiger partial charge in [0.05, 0.1) is 12.5 Å². The van der Waals surface area contributed by atoms with Gasteiger partial charge in [0.25, 0.3) is 0 Å². The van der Waals surface area contributed by atoms with Gasteiger partial charge in [-0.1, -0.05) is 0 Å². The molecule has 17 heavy (non-hydrogen) atoms. The molecule has 0 spiro atoms. The fraction of sp³-hybridized carbons (Fsp3) is 0.250. The molecule has 0 aliphatic carbocycles. The fourth-order valence-corrected chi connectivity index (χ4v) is 1.26. The van der Waals surface area contributed by atoms with Crippen molar-refractivity contribution < 1.29 is 19.1 Å². The van der Waals surface area contributed by atoms with Gasteiger partial charge in [-0.25, -0.2) is 0 Å². The Morgan fingerprint density at radius 2 is 1.88 bits per heavy atom. The van der Waals surface area contributed by atoms with Crippen LogP contribution < -0.4 is 9.47 Å². The summed E-state index contributed by atoms with van der Waals surface area (Å²) < 4.78 is 9.80. The minimum atomic E-state index is -0.468. The van der Waals surface area contributed by atoms with Gasteiger partial charge in [0, 0.05) is 19.4 Å². The highest BCUT2D eigenvalue weighted by molar-refractivity contribution is 5.71. The summed E-state index contributed by atoms with van der Waals surface area (Å²) in [6, 6.07) is 6.44. The second-order valence-electron chi connectivity index (χ2n) is 3.29. The number of esters is 2. The number of ether oxygens (including phenoxy) is 2. The molecular formula is C12H11NO4. The molecule has 0 saturated heterocycles. The molecule has 1 aromatic rings. The average Bonchev–Trinajstić information content (AvgIpc) is 2.21. The number of carbonyl (C=O) groups excluding carboxylic acids is 2. The first-order valence-electron chi connectivity index (χ1n) is 4.89. The maximum Gasteiger partial charge on any atom is 0.308 e. The van der Waals surface area contributed by atoms with Crippen molar-refractivity contribution >= 4 is 11.9 Å². The SMILES string of the molecule is CC(=O)Oc1ccc(OC(C)=O)c(CC#N)c1. The average molecular weight is 233 g/mol. The molecule has 0 aromatic heterocycles. The van der Waals surface area contributed by atoms with E-state index in [4.69, 9.17) is 14.7 Å². The highest BCUT2D eigenvalue weighted by Gasteiger charge is 2.09. The first kappa shape index (κ1) is 12.7. The van der Waals surface area contributed by atoms with Crippen LogP contribution in [0.5, 0.6) is 11.5 Å². The zero-order valence-electron chi connectivity index (χ0n) is 9.52. The molecule has 0 radical (unpaired) electrons. The van der Waals surface area contributed by atoms with E-state index in [-0.39, 0.29) is 6.42 Å². The van der Waals surface area contributed by atoms with Gasteiger partial charge in [-0.15, -0.1) is 0 Å². The largest absolute Gasteiger partial charge is 0.427 e. The number of hydrogen-bond donors (Lipinski definition) is 0. The molecule has 0 unspecified atom stereocenters. The van der Waals surface area contributed by atoms with Crippen LogP contribution in [0.2, 0.25) is 0 Å². The van der Waals surface area contributed by atoms with E-state index in [2.05, 4.69) is 0 Å². The molecule has 88 valence electrons. The summed E-state index contributed by atoms with van der Waals surface area (Å²) in [6.45, 7) is 2.56. The summed E-state index contributed by atoms with van der Waals surface area (Å²) >= 11 is 0. The van der Waals surface area contributed by atoms with Gasteiger partial charge in [-0.05, 0) is 18.2 Å². The predicted molar refractivity (Wildman–Crippen MR) is 58.4 cm³/mol. The molecule has 0 aliphatic heterocycles. The third-order valence-corrected chi connectivity index (χ3v) is 1.82. The van der Waals surface area contributed by atoms with Crippen molar-refractivity contribution in [3.63, 3.8) is 0 Å². The summed E-state index contributed by atoms with van der Waals surface area (Å²) in [5.41, 5.74) is 0.501. The number of rotatable bonds is 3. The van der Waals surface area contributed by atoms with Crippen molar-refractivity contribution in [2.24, 2.45) is 0 Å². The van der Waals surface area contributed by atoms with Crippen LogP contribution in [-0.4, -0.2) is 11.9 Å². The standard InChI is InChI=1S/C12H11NO4/c1-8(14)16-11-3-4-12(17-9(2)15)10(7-11)5-6-13/h3-4,7H,5H2,1-2H3. The maximum atomic E-state index is 10.8. The topological polar surface area (TPSA) is 76.4 Å². The van der Waals surface area contributed by atoms with Gasteiger partial charge in [-0.3, -0.25) is 9.59 Å². The molecule has 0 amide bonds. The lowest BCUT2D eigenvalue weighted by Crippen LogP contribution is -2.05. The Kier molecular flexibility index (Phi) is 4.23. The third kappa shape index (κ3) is 3.95. The third-order valence-electron chi connectivity index (χ3n) is 1.82. The molecule has 0 saturated carbocycles. The maximum absolute atomic E-state index is 10.8. The Labute approximate surface area is 98.6 Å². The van der Waals surface area contributed by atoms with E-state index >= 15 is 0 Å². The highest BCUT2D eigenvalue weighted by atomic mass is 16.5. The summed E-state index contributed by atoms with van der Waals surface area (Å²) in [5.74, 6) is -0.300. The predicted octanol–water partition coefficient (Wildman–Crippen LogP) is 1.60. The number of benzene rings is 1. The van der Waals surface area contributed by atoms with E-state index in [9.17, 15) is 9.59 Å². The van der Waals surface area contributed by atoms with E-state index in [1.165, 1.54) is 32.0 Å².